The number of aliphatic hydroxyl groups is 4. The molecule has 0 saturated heterocycles. The number of hydrogen-bond donors (Lipinski definition) is 4. The average molecular weight is 469 g/mol. The summed E-state index contributed by atoms with van der Waals surface area (Å²) in [6, 6.07) is 14.6. The maximum Gasteiger partial charge on any atom is 0.306 e. The minimum absolute atomic E-state index is 0.100. The van der Waals surface area contributed by atoms with Crippen LogP contribution < -0.4 is 0 Å². The van der Waals surface area contributed by atoms with E-state index in [1.165, 1.54) is 6.92 Å². The zero-order valence-corrected chi connectivity index (χ0v) is 19.9. The number of aliphatic hydroxyl groups excluding tert-OH is 4. The summed E-state index contributed by atoms with van der Waals surface area (Å²) in [5.41, 5.74) is 1.82. The van der Waals surface area contributed by atoms with E-state index in [0.717, 1.165) is 22.3 Å². The van der Waals surface area contributed by atoms with Crippen LogP contribution in [0.4, 0.5) is 0 Å². The van der Waals surface area contributed by atoms with Crippen LogP contribution >= 0.6 is 0 Å². The van der Waals surface area contributed by atoms with Crippen LogP contribution in [0.5, 0.6) is 0 Å². The highest BCUT2D eigenvalue weighted by Crippen LogP contribution is 2.36. The second-order valence-electron chi connectivity index (χ2n) is 8.81. The van der Waals surface area contributed by atoms with E-state index < -0.39 is 35.8 Å². The Morgan fingerprint density at radius 1 is 0.853 bits per heavy atom. The maximum atomic E-state index is 12.3. The van der Waals surface area contributed by atoms with Crippen molar-refractivity contribution in [3.63, 3.8) is 0 Å². The van der Waals surface area contributed by atoms with Crippen LogP contribution in [-0.4, -0.2) is 57.4 Å². The van der Waals surface area contributed by atoms with Gasteiger partial charge in [-0.3, -0.25) is 4.79 Å². The van der Waals surface area contributed by atoms with E-state index in [0.29, 0.717) is 0 Å². The van der Waals surface area contributed by atoms with Crippen LogP contribution in [0, 0.1) is 5.41 Å². The van der Waals surface area contributed by atoms with Crippen molar-refractivity contribution in [2.75, 3.05) is 6.61 Å². The van der Waals surface area contributed by atoms with Gasteiger partial charge in [-0.15, -0.1) is 0 Å². The van der Waals surface area contributed by atoms with Crippen LogP contribution in [0.1, 0.15) is 42.5 Å². The van der Waals surface area contributed by atoms with Gasteiger partial charge in [-0.2, -0.15) is 0 Å². The molecule has 4 unspecified atom stereocenters. The minimum atomic E-state index is -1.56. The van der Waals surface area contributed by atoms with E-state index in [2.05, 4.69) is 13.2 Å². The van der Waals surface area contributed by atoms with Gasteiger partial charge in [0.2, 0.25) is 0 Å². The highest BCUT2D eigenvalue weighted by Gasteiger charge is 2.48. The molecule has 0 saturated carbocycles. The first-order chi connectivity index (χ1) is 16.1. The summed E-state index contributed by atoms with van der Waals surface area (Å²) in [5, 5.41) is 43.9. The van der Waals surface area contributed by atoms with Gasteiger partial charge in [0.15, 0.2) is 0 Å². The van der Waals surface area contributed by atoms with Crippen molar-refractivity contribution in [1.29, 1.82) is 0 Å². The first-order valence-corrected chi connectivity index (χ1v) is 11.4. The molecule has 0 amide bonds. The standard InChI is InChI=1S/C28H36O6/c1-5-19-8-12-21(13-9-19)16-23(29)26(32)28(4,18-25(31)34-7-3)27(33)24(30)17-22-14-10-20(6-2)11-15-22/h5-6,8-15,23-24,26-27,29-30,32-33H,1-2,7,16-18H2,3-4H3. The summed E-state index contributed by atoms with van der Waals surface area (Å²) < 4.78 is 5.04. The van der Waals surface area contributed by atoms with Crippen LogP contribution in [0.3, 0.4) is 0 Å². The molecule has 0 spiro atoms. The maximum absolute atomic E-state index is 12.3. The van der Waals surface area contributed by atoms with E-state index in [4.69, 9.17) is 4.74 Å². The Labute approximate surface area is 201 Å². The molecule has 34 heavy (non-hydrogen) atoms. The van der Waals surface area contributed by atoms with Crippen molar-refractivity contribution < 1.29 is 30.0 Å². The Morgan fingerprint density at radius 2 is 1.24 bits per heavy atom. The number of ether oxygens (including phenoxy) is 1. The van der Waals surface area contributed by atoms with Crippen molar-refractivity contribution >= 4 is 18.1 Å². The molecular weight excluding hydrogens is 432 g/mol. The number of hydrogen-bond acceptors (Lipinski definition) is 6. The third-order valence-electron chi connectivity index (χ3n) is 6.23. The molecule has 6 nitrogen and oxygen atoms in total. The van der Waals surface area contributed by atoms with Gasteiger partial charge in [0.1, 0.15) is 0 Å². The number of carbonyl (C=O) groups is 1. The molecule has 4 N–H and O–H groups in total. The van der Waals surface area contributed by atoms with Gasteiger partial charge >= 0.3 is 5.97 Å². The van der Waals surface area contributed by atoms with E-state index >= 15 is 0 Å². The lowest BCUT2D eigenvalue weighted by Crippen LogP contribution is -2.54. The molecule has 2 aromatic rings. The normalized spacial score (nSPS) is 16.5. The molecule has 0 bridgehead atoms. The third kappa shape index (κ3) is 7.11. The Hall–Kier alpha value is -2.77. The van der Waals surface area contributed by atoms with Crippen LogP contribution in [0.15, 0.2) is 61.7 Å². The quantitative estimate of drug-likeness (QED) is 0.337. The number of esters is 1. The van der Waals surface area contributed by atoms with Gasteiger partial charge in [0, 0.05) is 18.3 Å². The first-order valence-electron chi connectivity index (χ1n) is 11.4. The zero-order chi connectivity index (χ0) is 25.3. The van der Waals surface area contributed by atoms with Gasteiger partial charge in [0.05, 0.1) is 37.4 Å². The predicted molar refractivity (Wildman–Crippen MR) is 134 cm³/mol. The molecule has 2 rings (SSSR count). The molecule has 184 valence electrons. The van der Waals surface area contributed by atoms with Crippen LogP contribution in [0.25, 0.3) is 12.2 Å². The number of benzene rings is 2. The summed E-state index contributed by atoms with van der Waals surface area (Å²) in [7, 11) is 0. The predicted octanol–water partition coefficient (Wildman–Crippen LogP) is 3.16. The summed E-state index contributed by atoms with van der Waals surface area (Å²) in [4.78, 5) is 12.3. The highest BCUT2D eigenvalue weighted by molar-refractivity contribution is 5.70. The second-order valence-corrected chi connectivity index (χ2v) is 8.81. The van der Waals surface area contributed by atoms with Crippen molar-refractivity contribution in [1.82, 2.24) is 0 Å². The van der Waals surface area contributed by atoms with Crippen molar-refractivity contribution in [2.24, 2.45) is 5.41 Å². The van der Waals surface area contributed by atoms with Crippen LogP contribution in [-0.2, 0) is 22.4 Å². The highest BCUT2D eigenvalue weighted by atomic mass is 16.5. The zero-order valence-electron chi connectivity index (χ0n) is 19.9. The van der Waals surface area contributed by atoms with Gasteiger partial charge in [-0.1, -0.05) is 80.8 Å². The lowest BCUT2D eigenvalue weighted by Gasteiger charge is -2.41. The first kappa shape index (κ1) is 27.5. The molecule has 6 heteroatoms. The second kappa shape index (κ2) is 12.6. The van der Waals surface area contributed by atoms with Gasteiger partial charge in [-0.05, 0) is 29.2 Å². The summed E-state index contributed by atoms with van der Waals surface area (Å²) >= 11 is 0. The van der Waals surface area contributed by atoms with Crippen LogP contribution in [0.2, 0.25) is 0 Å². The molecule has 0 radical (unpaired) electrons. The minimum Gasteiger partial charge on any atom is -0.466 e. The van der Waals surface area contributed by atoms with Crippen molar-refractivity contribution in [3.05, 3.63) is 83.9 Å². The molecule has 0 fully saturated rings. The smallest absolute Gasteiger partial charge is 0.306 e. The van der Waals surface area contributed by atoms with Gasteiger partial charge < -0.3 is 25.2 Å². The van der Waals surface area contributed by atoms with E-state index in [1.807, 2.05) is 48.5 Å². The molecular formula is C28H36O6. The largest absolute Gasteiger partial charge is 0.466 e. The van der Waals surface area contributed by atoms with Gasteiger partial charge in [-0.25, -0.2) is 0 Å². The topological polar surface area (TPSA) is 107 Å². The van der Waals surface area contributed by atoms with Crippen molar-refractivity contribution in [3.8, 4) is 0 Å². The fraction of sp³-hybridized carbons (Fsp3) is 0.393. The molecule has 2 aromatic carbocycles. The Morgan fingerprint density at radius 3 is 1.56 bits per heavy atom. The van der Waals surface area contributed by atoms with E-state index in [1.54, 1.807) is 19.1 Å². The Bertz CT molecular complexity index is 869. The third-order valence-corrected chi connectivity index (χ3v) is 6.23. The summed E-state index contributed by atoms with van der Waals surface area (Å²) in [6.45, 7) is 10.7. The van der Waals surface area contributed by atoms with E-state index in [-0.39, 0.29) is 25.9 Å². The monoisotopic (exact) mass is 468 g/mol. The molecule has 4 atom stereocenters. The average Bonchev–Trinajstić information content (AvgIpc) is 2.83. The fourth-order valence-electron chi connectivity index (χ4n) is 4.07. The molecule has 0 heterocycles. The lowest BCUT2D eigenvalue weighted by atomic mass is 9.70. The van der Waals surface area contributed by atoms with Crippen molar-refractivity contribution in [2.45, 2.75) is 57.5 Å². The molecule has 0 aliphatic heterocycles. The molecule has 0 aliphatic carbocycles. The van der Waals surface area contributed by atoms with Gasteiger partial charge in [0.25, 0.3) is 0 Å². The molecule has 0 aliphatic rings. The lowest BCUT2D eigenvalue weighted by molar-refractivity contribution is -0.168. The fourth-order valence-corrected chi connectivity index (χ4v) is 4.07. The molecule has 0 aromatic heterocycles. The number of rotatable bonds is 13. The SMILES string of the molecule is C=Cc1ccc(CC(O)C(O)C(C)(CC(=O)OCC)C(O)C(O)Cc2ccc(C=C)cc2)cc1. The Kier molecular flexibility index (Phi) is 10.2. The Balaban J connectivity index is 2.23. The van der Waals surface area contributed by atoms with E-state index in [9.17, 15) is 25.2 Å². The number of carbonyl (C=O) groups excluding carboxylic acids is 1. The summed E-state index contributed by atoms with van der Waals surface area (Å²) in [6.07, 6.45) is -2.37. The summed E-state index contributed by atoms with van der Waals surface area (Å²) in [5.74, 6) is -0.631.